The van der Waals surface area contributed by atoms with E-state index in [1.807, 2.05) is 38.2 Å². The Morgan fingerprint density at radius 2 is 1.85 bits per heavy atom. The van der Waals surface area contributed by atoms with E-state index >= 15 is 0 Å². The lowest BCUT2D eigenvalue weighted by atomic mass is 10.0. The summed E-state index contributed by atoms with van der Waals surface area (Å²) in [7, 11) is 0. The summed E-state index contributed by atoms with van der Waals surface area (Å²) in [6.07, 6.45) is 4.98. The molecule has 26 heavy (non-hydrogen) atoms. The molecule has 2 aromatic rings. The van der Waals surface area contributed by atoms with Gasteiger partial charge in [0.25, 0.3) is 5.91 Å². The molecule has 7 nitrogen and oxygen atoms in total. The van der Waals surface area contributed by atoms with E-state index in [1.165, 1.54) is 0 Å². The second-order valence-electron chi connectivity index (χ2n) is 6.83. The Hall–Kier alpha value is -2.83. The highest BCUT2D eigenvalue weighted by Gasteiger charge is 2.24. The fourth-order valence-electron chi connectivity index (χ4n) is 2.97. The molecule has 0 atom stereocenters. The van der Waals surface area contributed by atoms with Crippen molar-refractivity contribution in [2.75, 3.05) is 18.4 Å². The smallest absolute Gasteiger partial charge is 0.321 e. The quantitative estimate of drug-likeness (QED) is 0.885. The topological polar surface area (TPSA) is 79.3 Å². The van der Waals surface area contributed by atoms with Gasteiger partial charge < -0.3 is 15.5 Å². The molecule has 1 saturated heterocycles. The number of piperidine rings is 1. The van der Waals surface area contributed by atoms with Crippen LogP contribution in [0.15, 0.2) is 42.7 Å². The Morgan fingerprint density at radius 3 is 2.46 bits per heavy atom. The standard InChI is InChI=1S/C19H25N5O2/c1-14(2)24-13-17(12-20-24)22-19(26)23-10-8-16(9-11-23)21-18(25)15-6-4-3-5-7-15/h3-7,12-14,16H,8-11H2,1-2H3,(H,21,25)(H,22,26). The first-order chi connectivity index (χ1) is 12.5. The van der Waals surface area contributed by atoms with E-state index in [9.17, 15) is 9.59 Å². The molecule has 2 heterocycles. The zero-order valence-corrected chi connectivity index (χ0v) is 15.2. The monoisotopic (exact) mass is 355 g/mol. The van der Waals surface area contributed by atoms with Crippen LogP contribution >= 0.6 is 0 Å². The van der Waals surface area contributed by atoms with Crippen LogP contribution in [0.25, 0.3) is 0 Å². The van der Waals surface area contributed by atoms with Gasteiger partial charge in [-0.05, 0) is 38.8 Å². The van der Waals surface area contributed by atoms with E-state index in [2.05, 4.69) is 15.7 Å². The average Bonchev–Trinajstić information content (AvgIpc) is 3.12. The van der Waals surface area contributed by atoms with E-state index < -0.39 is 0 Å². The number of nitrogens with one attached hydrogen (secondary N) is 2. The summed E-state index contributed by atoms with van der Waals surface area (Å²) >= 11 is 0. The van der Waals surface area contributed by atoms with Gasteiger partial charge in [-0.1, -0.05) is 18.2 Å². The van der Waals surface area contributed by atoms with Crippen LogP contribution in [0, 0.1) is 0 Å². The van der Waals surface area contributed by atoms with E-state index in [0.29, 0.717) is 24.3 Å². The lowest BCUT2D eigenvalue weighted by molar-refractivity contribution is 0.0919. The van der Waals surface area contributed by atoms with Crippen LogP contribution < -0.4 is 10.6 Å². The van der Waals surface area contributed by atoms with Crippen LogP contribution in [0.4, 0.5) is 10.5 Å². The first-order valence-electron chi connectivity index (χ1n) is 8.99. The Labute approximate surface area is 153 Å². The number of amides is 3. The number of hydrogen-bond acceptors (Lipinski definition) is 3. The van der Waals surface area contributed by atoms with E-state index in [1.54, 1.807) is 27.9 Å². The number of carbonyl (C=O) groups is 2. The molecule has 1 aromatic carbocycles. The normalized spacial score (nSPS) is 15.1. The molecule has 138 valence electrons. The van der Waals surface area contributed by atoms with Crippen molar-refractivity contribution in [2.24, 2.45) is 0 Å². The number of rotatable bonds is 4. The molecule has 3 rings (SSSR count). The van der Waals surface area contributed by atoms with Crippen LogP contribution in [-0.4, -0.2) is 45.8 Å². The van der Waals surface area contributed by atoms with Crippen molar-refractivity contribution in [2.45, 2.75) is 38.8 Å². The Kier molecular flexibility index (Phi) is 5.55. The third-order valence-corrected chi connectivity index (χ3v) is 4.54. The van der Waals surface area contributed by atoms with Gasteiger partial charge in [0.15, 0.2) is 0 Å². The highest BCUT2D eigenvalue weighted by Crippen LogP contribution is 2.15. The Bertz CT molecular complexity index is 748. The van der Waals surface area contributed by atoms with Crippen LogP contribution in [0.5, 0.6) is 0 Å². The van der Waals surface area contributed by atoms with Crippen molar-refractivity contribution >= 4 is 17.6 Å². The molecule has 0 spiro atoms. The first-order valence-corrected chi connectivity index (χ1v) is 8.99. The van der Waals surface area contributed by atoms with Crippen LogP contribution in [0.3, 0.4) is 0 Å². The molecular weight excluding hydrogens is 330 g/mol. The number of aromatic nitrogens is 2. The molecule has 0 bridgehead atoms. The van der Waals surface area contributed by atoms with Crippen LogP contribution in [0.1, 0.15) is 43.1 Å². The first kappa shape index (κ1) is 18.0. The molecule has 3 amide bonds. The number of anilines is 1. The van der Waals surface area contributed by atoms with E-state index in [-0.39, 0.29) is 24.0 Å². The van der Waals surface area contributed by atoms with Gasteiger partial charge in [0, 0.05) is 36.9 Å². The molecule has 2 N–H and O–H groups in total. The minimum Gasteiger partial charge on any atom is -0.349 e. The van der Waals surface area contributed by atoms with Crippen molar-refractivity contribution in [3.05, 3.63) is 48.3 Å². The van der Waals surface area contributed by atoms with E-state index in [4.69, 9.17) is 0 Å². The van der Waals surface area contributed by atoms with Gasteiger partial charge in [0.2, 0.25) is 0 Å². The molecule has 0 saturated carbocycles. The summed E-state index contributed by atoms with van der Waals surface area (Å²) in [5.41, 5.74) is 1.36. The summed E-state index contributed by atoms with van der Waals surface area (Å²) in [6.45, 7) is 5.30. The van der Waals surface area contributed by atoms with Crippen molar-refractivity contribution < 1.29 is 9.59 Å². The van der Waals surface area contributed by atoms with Gasteiger partial charge in [-0.25, -0.2) is 4.79 Å². The highest BCUT2D eigenvalue weighted by atomic mass is 16.2. The SMILES string of the molecule is CC(C)n1cc(NC(=O)N2CCC(NC(=O)c3ccccc3)CC2)cn1. The number of benzene rings is 1. The summed E-state index contributed by atoms with van der Waals surface area (Å²) in [4.78, 5) is 26.4. The number of nitrogens with zero attached hydrogens (tertiary/aromatic N) is 3. The summed E-state index contributed by atoms with van der Waals surface area (Å²) in [5.74, 6) is -0.0606. The molecule has 0 unspecified atom stereocenters. The predicted molar refractivity (Wildman–Crippen MR) is 100 cm³/mol. The minimum atomic E-state index is -0.124. The van der Waals surface area contributed by atoms with Crippen LogP contribution in [-0.2, 0) is 0 Å². The number of urea groups is 1. The number of hydrogen-bond donors (Lipinski definition) is 2. The maximum Gasteiger partial charge on any atom is 0.321 e. The molecule has 0 aliphatic carbocycles. The summed E-state index contributed by atoms with van der Waals surface area (Å²) in [6, 6.07) is 9.41. The van der Waals surface area contributed by atoms with Crippen LogP contribution in [0.2, 0.25) is 0 Å². The third-order valence-electron chi connectivity index (χ3n) is 4.54. The Balaban J connectivity index is 1.47. The second kappa shape index (κ2) is 8.03. The fourth-order valence-corrected chi connectivity index (χ4v) is 2.97. The molecule has 1 aromatic heterocycles. The molecule has 1 fully saturated rings. The zero-order valence-electron chi connectivity index (χ0n) is 15.2. The van der Waals surface area contributed by atoms with Crippen molar-refractivity contribution in [3.8, 4) is 0 Å². The number of likely N-dealkylation sites (tertiary alicyclic amines) is 1. The van der Waals surface area contributed by atoms with Crippen molar-refractivity contribution in [1.29, 1.82) is 0 Å². The van der Waals surface area contributed by atoms with Gasteiger partial charge in [0.05, 0.1) is 11.9 Å². The van der Waals surface area contributed by atoms with Gasteiger partial charge in [0.1, 0.15) is 0 Å². The van der Waals surface area contributed by atoms with E-state index in [0.717, 1.165) is 12.8 Å². The number of carbonyl (C=O) groups excluding carboxylic acids is 2. The second-order valence-corrected chi connectivity index (χ2v) is 6.83. The van der Waals surface area contributed by atoms with Gasteiger partial charge in [-0.15, -0.1) is 0 Å². The maximum absolute atomic E-state index is 12.4. The van der Waals surface area contributed by atoms with Crippen molar-refractivity contribution in [1.82, 2.24) is 20.0 Å². The maximum atomic E-state index is 12.4. The highest BCUT2D eigenvalue weighted by molar-refractivity contribution is 5.94. The third kappa shape index (κ3) is 4.41. The molecule has 1 aliphatic heterocycles. The van der Waals surface area contributed by atoms with Gasteiger partial charge in [-0.3, -0.25) is 9.48 Å². The zero-order chi connectivity index (χ0) is 18.5. The minimum absolute atomic E-state index is 0.0606. The summed E-state index contributed by atoms with van der Waals surface area (Å²) in [5, 5.41) is 10.2. The van der Waals surface area contributed by atoms with Gasteiger partial charge >= 0.3 is 6.03 Å². The predicted octanol–water partition coefficient (Wildman–Crippen LogP) is 2.89. The molecule has 0 radical (unpaired) electrons. The lowest BCUT2D eigenvalue weighted by Gasteiger charge is -2.32. The Morgan fingerprint density at radius 1 is 1.15 bits per heavy atom. The van der Waals surface area contributed by atoms with Crippen molar-refractivity contribution in [3.63, 3.8) is 0 Å². The lowest BCUT2D eigenvalue weighted by Crippen LogP contribution is -2.47. The summed E-state index contributed by atoms with van der Waals surface area (Å²) < 4.78 is 1.81. The fraction of sp³-hybridized carbons (Fsp3) is 0.421. The molecule has 1 aliphatic rings. The molecule has 7 heteroatoms. The largest absolute Gasteiger partial charge is 0.349 e. The van der Waals surface area contributed by atoms with Gasteiger partial charge in [-0.2, -0.15) is 5.10 Å². The average molecular weight is 355 g/mol. The molecular formula is C19H25N5O2.